The molecule has 1 fully saturated rings. The summed E-state index contributed by atoms with van der Waals surface area (Å²) in [5.41, 5.74) is 5.75. The summed E-state index contributed by atoms with van der Waals surface area (Å²) in [4.78, 5) is 42.7. The van der Waals surface area contributed by atoms with E-state index >= 15 is 0 Å². The highest BCUT2D eigenvalue weighted by Crippen LogP contribution is 2.63. The minimum absolute atomic E-state index is 0.0532. The monoisotopic (exact) mass is 591 g/mol. The standard InChI is InChI=1S/C32H22BrN3O4/c33-18-14-15-25(37)22(16-18)29(38)35-34-17-32-23-12-6-4-10-20(23)26(21-11-5-7-13-24(21)32)27-28(32)31(40)36(30(27)39)19-8-2-1-3-9-19/h1-17,26-28,37H,(H,35,38)/b34-17+/t26?,27-,28+,32?/m0/s1. The number of carbonyl (C=O) groups is 3. The second-order valence-electron chi connectivity index (χ2n) is 10.2. The Morgan fingerprint density at radius 2 is 1.50 bits per heavy atom. The summed E-state index contributed by atoms with van der Waals surface area (Å²) in [7, 11) is 0. The first kappa shape index (κ1) is 24.5. The van der Waals surface area contributed by atoms with E-state index in [1.807, 2.05) is 54.6 Å². The van der Waals surface area contributed by atoms with Crippen molar-refractivity contribution < 1.29 is 19.5 Å². The van der Waals surface area contributed by atoms with Gasteiger partial charge in [0.15, 0.2) is 0 Å². The van der Waals surface area contributed by atoms with Crippen molar-refractivity contribution in [2.45, 2.75) is 11.3 Å². The van der Waals surface area contributed by atoms with Crippen LogP contribution in [0.1, 0.15) is 38.5 Å². The van der Waals surface area contributed by atoms with Crippen molar-refractivity contribution in [3.05, 3.63) is 129 Å². The van der Waals surface area contributed by atoms with Gasteiger partial charge >= 0.3 is 0 Å². The van der Waals surface area contributed by atoms with E-state index in [1.54, 1.807) is 36.5 Å². The average Bonchev–Trinajstić information content (AvgIpc) is 3.25. The molecule has 0 unspecified atom stereocenters. The van der Waals surface area contributed by atoms with E-state index in [0.29, 0.717) is 10.2 Å². The Morgan fingerprint density at radius 3 is 2.17 bits per heavy atom. The Morgan fingerprint density at radius 1 is 0.875 bits per heavy atom. The van der Waals surface area contributed by atoms with Crippen molar-refractivity contribution in [3.8, 4) is 5.75 Å². The summed E-state index contributed by atoms with van der Waals surface area (Å²) in [5, 5.41) is 14.6. The van der Waals surface area contributed by atoms with Gasteiger partial charge in [0.2, 0.25) is 11.8 Å². The van der Waals surface area contributed by atoms with Gasteiger partial charge in [-0.15, -0.1) is 0 Å². The van der Waals surface area contributed by atoms with Gasteiger partial charge in [0.1, 0.15) is 5.75 Å². The van der Waals surface area contributed by atoms with Crippen LogP contribution in [0.5, 0.6) is 5.75 Å². The van der Waals surface area contributed by atoms with Gasteiger partial charge in [0.05, 0.1) is 28.5 Å². The SMILES string of the molecule is O=C(N/N=C/C12c3ccccc3C(c3ccccc31)[C@@H]1C(=O)N(c3ccccc3)C(=O)[C@@H]12)c1cc(Br)ccc1O. The number of phenols is 1. The predicted molar refractivity (Wildman–Crippen MR) is 153 cm³/mol. The number of carbonyl (C=O) groups excluding carboxylic acids is 3. The van der Waals surface area contributed by atoms with Crippen LogP contribution in [0, 0.1) is 11.8 Å². The first-order chi connectivity index (χ1) is 19.4. The van der Waals surface area contributed by atoms with Crippen LogP contribution in [0.25, 0.3) is 0 Å². The Balaban J connectivity index is 1.40. The lowest BCUT2D eigenvalue weighted by Crippen LogP contribution is -2.54. The molecular weight excluding hydrogens is 570 g/mol. The van der Waals surface area contributed by atoms with Crippen LogP contribution in [0.3, 0.4) is 0 Å². The number of hydrogen-bond donors (Lipinski definition) is 2. The molecule has 8 rings (SSSR count). The number of imide groups is 1. The molecule has 0 radical (unpaired) electrons. The van der Waals surface area contributed by atoms with Crippen LogP contribution >= 0.6 is 15.9 Å². The minimum Gasteiger partial charge on any atom is -0.507 e. The normalized spacial score (nSPS) is 24.1. The molecule has 4 aromatic carbocycles. The molecule has 0 aromatic heterocycles. The number of rotatable bonds is 4. The van der Waals surface area contributed by atoms with Gasteiger partial charge in [-0.2, -0.15) is 5.10 Å². The molecule has 3 amide bonds. The zero-order chi connectivity index (χ0) is 27.6. The molecular formula is C32H22BrN3O4. The fraction of sp³-hybridized carbons (Fsp3) is 0.125. The molecule has 2 N–H and O–H groups in total. The third-order valence-electron chi connectivity index (χ3n) is 8.34. The average molecular weight is 592 g/mol. The Hall–Kier alpha value is -4.56. The Bertz CT molecular complexity index is 1700. The Kier molecular flexibility index (Phi) is 5.50. The number of nitrogens with zero attached hydrogens (tertiary/aromatic N) is 2. The molecule has 1 saturated heterocycles. The van der Waals surface area contributed by atoms with Crippen molar-refractivity contribution in [2.24, 2.45) is 16.9 Å². The van der Waals surface area contributed by atoms with Crippen LogP contribution in [0.2, 0.25) is 0 Å². The number of hydrazone groups is 1. The lowest BCUT2D eigenvalue weighted by molar-refractivity contribution is -0.122. The van der Waals surface area contributed by atoms with Crippen LogP contribution in [-0.4, -0.2) is 29.0 Å². The zero-order valence-electron chi connectivity index (χ0n) is 21.0. The zero-order valence-corrected chi connectivity index (χ0v) is 22.6. The third-order valence-corrected chi connectivity index (χ3v) is 8.83. The number of benzene rings is 4. The minimum atomic E-state index is -1.10. The van der Waals surface area contributed by atoms with E-state index in [4.69, 9.17) is 0 Å². The predicted octanol–water partition coefficient (Wildman–Crippen LogP) is 5.12. The van der Waals surface area contributed by atoms with Crippen LogP contribution in [-0.2, 0) is 15.0 Å². The molecule has 2 bridgehead atoms. The smallest absolute Gasteiger partial charge is 0.275 e. The van der Waals surface area contributed by atoms with Crippen molar-refractivity contribution in [1.29, 1.82) is 0 Å². The molecule has 2 atom stereocenters. The van der Waals surface area contributed by atoms with E-state index in [1.165, 1.54) is 17.0 Å². The largest absolute Gasteiger partial charge is 0.507 e. The maximum atomic E-state index is 14.3. The lowest BCUT2D eigenvalue weighted by Gasteiger charge is -2.52. The van der Waals surface area contributed by atoms with E-state index in [-0.39, 0.29) is 29.0 Å². The first-order valence-electron chi connectivity index (χ1n) is 12.9. The molecule has 1 aliphatic heterocycles. The quantitative estimate of drug-likeness (QED) is 0.195. The van der Waals surface area contributed by atoms with Crippen molar-refractivity contribution in [2.75, 3.05) is 4.90 Å². The summed E-state index contributed by atoms with van der Waals surface area (Å²) in [5.74, 6) is -2.99. The number of amides is 3. The van der Waals surface area contributed by atoms with E-state index in [0.717, 1.165) is 22.3 Å². The first-order valence-corrected chi connectivity index (χ1v) is 13.7. The molecule has 3 aliphatic carbocycles. The molecule has 0 saturated carbocycles. The van der Waals surface area contributed by atoms with Gasteiger partial charge in [-0.3, -0.25) is 14.4 Å². The van der Waals surface area contributed by atoms with Crippen LogP contribution in [0.15, 0.2) is 107 Å². The van der Waals surface area contributed by atoms with Gasteiger partial charge in [0.25, 0.3) is 5.91 Å². The van der Waals surface area contributed by atoms with Crippen LogP contribution < -0.4 is 10.3 Å². The molecule has 4 aliphatic rings. The van der Waals surface area contributed by atoms with Gasteiger partial charge < -0.3 is 5.11 Å². The highest BCUT2D eigenvalue weighted by atomic mass is 79.9. The topological polar surface area (TPSA) is 99.1 Å². The van der Waals surface area contributed by atoms with Gasteiger partial charge in [0, 0.05) is 16.6 Å². The van der Waals surface area contributed by atoms with Crippen molar-refractivity contribution in [1.82, 2.24) is 5.43 Å². The van der Waals surface area contributed by atoms with Gasteiger partial charge in [-0.1, -0.05) is 82.7 Å². The number of anilines is 1. The number of hydrogen-bond acceptors (Lipinski definition) is 5. The Labute approximate surface area is 238 Å². The molecule has 1 heterocycles. The molecule has 8 heteroatoms. The highest BCUT2D eigenvalue weighted by Gasteiger charge is 2.68. The summed E-state index contributed by atoms with van der Waals surface area (Å²) < 4.78 is 0.630. The fourth-order valence-electron chi connectivity index (χ4n) is 6.82. The number of phenolic OH excluding ortho intramolecular Hbond substituents is 1. The number of halogens is 1. The molecule has 196 valence electrons. The number of nitrogens with one attached hydrogen (secondary N) is 1. The summed E-state index contributed by atoms with van der Waals surface area (Å²) >= 11 is 3.32. The second kappa shape index (κ2) is 8.99. The number of para-hydroxylation sites is 1. The summed E-state index contributed by atoms with van der Waals surface area (Å²) in [6.07, 6.45) is 1.60. The van der Waals surface area contributed by atoms with Gasteiger partial charge in [-0.05, 0) is 52.6 Å². The van der Waals surface area contributed by atoms with E-state index in [9.17, 15) is 19.5 Å². The summed E-state index contributed by atoms with van der Waals surface area (Å²) in [6.45, 7) is 0. The van der Waals surface area contributed by atoms with E-state index in [2.05, 4.69) is 26.5 Å². The highest BCUT2D eigenvalue weighted by molar-refractivity contribution is 9.10. The van der Waals surface area contributed by atoms with Gasteiger partial charge in [-0.25, -0.2) is 10.3 Å². The molecule has 0 spiro atoms. The molecule has 40 heavy (non-hydrogen) atoms. The second-order valence-corrected chi connectivity index (χ2v) is 11.1. The molecule has 4 aromatic rings. The van der Waals surface area contributed by atoms with E-state index < -0.39 is 23.2 Å². The molecule has 7 nitrogen and oxygen atoms in total. The maximum absolute atomic E-state index is 14.3. The maximum Gasteiger partial charge on any atom is 0.275 e. The van der Waals surface area contributed by atoms with Crippen LogP contribution in [0.4, 0.5) is 5.69 Å². The van der Waals surface area contributed by atoms with Crippen molar-refractivity contribution in [3.63, 3.8) is 0 Å². The lowest BCUT2D eigenvalue weighted by atomic mass is 9.47. The fourth-order valence-corrected chi connectivity index (χ4v) is 7.19. The third kappa shape index (κ3) is 3.29. The van der Waals surface area contributed by atoms with Crippen molar-refractivity contribution >= 4 is 45.6 Å². The summed E-state index contributed by atoms with van der Waals surface area (Å²) in [6, 6.07) is 29.2. The number of aromatic hydroxyl groups is 1.